The molecule has 0 aliphatic carbocycles. The number of nitrogens with one attached hydrogen (secondary N) is 3. The quantitative estimate of drug-likeness (QED) is 0.253. The highest BCUT2D eigenvalue weighted by Gasteiger charge is 2.42. The molecule has 7 N–H and O–H groups in total. The van der Waals surface area contributed by atoms with Gasteiger partial charge in [0.25, 0.3) is 0 Å². The number of thioether (sulfide) groups is 1. The zero-order valence-corrected chi connectivity index (χ0v) is 15.3. The van der Waals surface area contributed by atoms with Crippen LogP contribution in [0.1, 0.15) is 44.9 Å². The van der Waals surface area contributed by atoms with Crippen molar-refractivity contribution in [1.82, 2.24) is 16.0 Å². The van der Waals surface area contributed by atoms with Gasteiger partial charge in [-0.25, -0.2) is 4.79 Å². The Morgan fingerprint density at radius 1 is 1.24 bits per heavy atom. The molecule has 0 unspecified atom stereocenters. The molecule has 2 aliphatic rings. The van der Waals surface area contributed by atoms with Crippen LogP contribution in [0.3, 0.4) is 0 Å². The molecule has 4 amide bonds. The van der Waals surface area contributed by atoms with E-state index < -0.39 is 11.9 Å². The molecule has 2 rings (SSSR count). The number of carbonyl (C=O) groups excluding carboxylic acids is 3. The number of hydrogen-bond donors (Lipinski definition) is 5. The molecular formula is C16H29N5O3S. The van der Waals surface area contributed by atoms with Crippen molar-refractivity contribution in [3.8, 4) is 0 Å². The molecule has 0 saturated carbocycles. The predicted octanol–water partition coefficient (Wildman–Crippen LogP) is -0.189. The van der Waals surface area contributed by atoms with Crippen LogP contribution < -0.4 is 27.4 Å². The SMILES string of the molecule is NC(=O)[C@H](N)CCCCNC(=O)CCCC[C@@H]1SC[C@@H]2NC(=O)N[C@@H]21. The number of fused-ring (bicyclic) bond motifs is 1. The Balaban J connectivity index is 1.46. The highest BCUT2D eigenvalue weighted by atomic mass is 32.2. The Labute approximate surface area is 152 Å². The minimum absolute atomic E-state index is 0.0588. The summed E-state index contributed by atoms with van der Waals surface area (Å²) < 4.78 is 0. The minimum Gasteiger partial charge on any atom is -0.368 e. The second-order valence-corrected chi connectivity index (χ2v) is 7.99. The Morgan fingerprint density at radius 3 is 2.80 bits per heavy atom. The summed E-state index contributed by atoms with van der Waals surface area (Å²) in [6.07, 6.45) is 5.50. The molecule has 0 aromatic heterocycles. The highest BCUT2D eigenvalue weighted by Crippen LogP contribution is 2.33. The van der Waals surface area contributed by atoms with Crippen molar-refractivity contribution < 1.29 is 14.4 Å². The van der Waals surface area contributed by atoms with E-state index in [1.807, 2.05) is 11.8 Å². The predicted molar refractivity (Wildman–Crippen MR) is 98.0 cm³/mol. The van der Waals surface area contributed by atoms with Gasteiger partial charge in [0.2, 0.25) is 11.8 Å². The van der Waals surface area contributed by atoms with E-state index in [1.54, 1.807) is 0 Å². The number of primary amides is 1. The van der Waals surface area contributed by atoms with Gasteiger partial charge in [-0.3, -0.25) is 9.59 Å². The molecule has 9 heteroatoms. The Hall–Kier alpha value is -1.48. The molecule has 8 nitrogen and oxygen atoms in total. The fraction of sp³-hybridized carbons (Fsp3) is 0.812. The topological polar surface area (TPSA) is 139 Å². The van der Waals surface area contributed by atoms with Gasteiger partial charge in [-0.1, -0.05) is 6.42 Å². The van der Waals surface area contributed by atoms with Gasteiger partial charge < -0.3 is 27.4 Å². The maximum absolute atomic E-state index is 11.8. The van der Waals surface area contributed by atoms with E-state index in [1.165, 1.54) is 0 Å². The molecule has 0 bridgehead atoms. The molecule has 2 aliphatic heterocycles. The van der Waals surface area contributed by atoms with Crippen LogP contribution in [0.4, 0.5) is 4.79 Å². The summed E-state index contributed by atoms with van der Waals surface area (Å²) in [6, 6.07) is -0.161. The van der Waals surface area contributed by atoms with Gasteiger partial charge in [0.1, 0.15) is 0 Å². The highest BCUT2D eigenvalue weighted by molar-refractivity contribution is 8.00. The van der Waals surface area contributed by atoms with Crippen LogP contribution in [0.5, 0.6) is 0 Å². The molecule has 4 atom stereocenters. The summed E-state index contributed by atoms with van der Waals surface area (Å²) in [7, 11) is 0. The Kier molecular flexibility index (Phi) is 7.83. The first-order valence-electron chi connectivity index (χ1n) is 8.97. The van der Waals surface area contributed by atoms with Crippen LogP contribution >= 0.6 is 11.8 Å². The Morgan fingerprint density at radius 2 is 2.04 bits per heavy atom. The average Bonchev–Trinajstić information content (AvgIpc) is 3.10. The average molecular weight is 372 g/mol. The maximum Gasteiger partial charge on any atom is 0.315 e. The van der Waals surface area contributed by atoms with Gasteiger partial charge in [-0.05, 0) is 32.1 Å². The molecule has 0 aromatic rings. The fourth-order valence-corrected chi connectivity index (χ4v) is 4.77. The van der Waals surface area contributed by atoms with Crippen LogP contribution in [0, 0.1) is 0 Å². The van der Waals surface area contributed by atoms with Crippen LogP contribution in [0.15, 0.2) is 0 Å². The zero-order chi connectivity index (χ0) is 18.2. The third-order valence-corrected chi connectivity index (χ3v) is 6.22. The molecule has 2 saturated heterocycles. The van der Waals surface area contributed by atoms with E-state index in [0.29, 0.717) is 24.6 Å². The van der Waals surface area contributed by atoms with E-state index >= 15 is 0 Å². The molecule has 25 heavy (non-hydrogen) atoms. The molecule has 0 aromatic carbocycles. The van der Waals surface area contributed by atoms with Gasteiger partial charge in [-0.15, -0.1) is 0 Å². The summed E-state index contributed by atoms with van der Waals surface area (Å²) in [6.45, 7) is 0.601. The molecule has 2 fully saturated rings. The normalized spacial score (nSPS) is 25.8. The summed E-state index contributed by atoms with van der Waals surface area (Å²) in [4.78, 5) is 33.9. The van der Waals surface area contributed by atoms with Crippen LogP contribution in [0.2, 0.25) is 0 Å². The first-order valence-corrected chi connectivity index (χ1v) is 10.0. The number of urea groups is 1. The number of unbranched alkanes of at least 4 members (excludes halogenated alkanes) is 2. The number of carbonyl (C=O) groups is 3. The Bertz CT molecular complexity index is 490. The third kappa shape index (κ3) is 6.39. The van der Waals surface area contributed by atoms with Crippen molar-refractivity contribution in [3.05, 3.63) is 0 Å². The first kappa shape index (κ1) is 19.8. The lowest BCUT2D eigenvalue weighted by Gasteiger charge is -2.16. The molecular weight excluding hydrogens is 342 g/mol. The second-order valence-electron chi connectivity index (χ2n) is 6.72. The van der Waals surface area contributed by atoms with Crippen LogP contribution in [0.25, 0.3) is 0 Å². The third-order valence-electron chi connectivity index (χ3n) is 4.71. The molecule has 142 valence electrons. The smallest absolute Gasteiger partial charge is 0.315 e. The van der Waals surface area contributed by atoms with Gasteiger partial charge in [0.15, 0.2) is 0 Å². The van der Waals surface area contributed by atoms with Crippen molar-refractivity contribution in [2.75, 3.05) is 12.3 Å². The summed E-state index contributed by atoms with van der Waals surface area (Å²) >= 11 is 1.90. The van der Waals surface area contributed by atoms with Crippen molar-refractivity contribution in [1.29, 1.82) is 0 Å². The van der Waals surface area contributed by atoms with Gasteiger partial charge in [0, 0.05) is 24.0 Å². The van der Waals surface area contributed by atoms with Crippen molar-refractivity contribution in [3.63, 3.8) is 0 Å². The number of nitrogens with two attached hydrogens (primary N) is 2. The van der Waals surface area contributed by atoms with Crippen molar-refractivity contribution in [2.24, 2.45) is 11.5 Å². The number of amides is 4. The van der Waals surface area contributed by atoms with Crippen LogP contribution in [-0.2, 0) is 9.59 Å². The second kappa shape index (κ2) is 9.86. The van der Waals surface area contributed by atoms with Gasteiger partial charge >= 0.3 is 6.03 Å². The molecule has 0 spiro atoms. The lowest BCUT2D eigenvalue weighted by Crippen LogP contribution is -2.36. The van der Waals surface area contributed by atoms with Crippen LogP contribution in [-0.4, -0.2) is 53.5 Å². The summed E-state index contributed by atoms with van der Waals surface area (Å²) in [5.74, 6) is 0.546. The summed E-state index contributed by atoms with van der Waals surface area (Å²) in [5.41, 5.74) is 10.6. The number of hydrogen-bond acceptors (Lipinski definition) is 5. The fourth-order valence-electron chi connectivity index (χ4n) is 3.22. The van der Waals surface area contributed by atoms with E-state index in [-0.39, 0.29) is 24.0 Å². The molecule has 0 radical (unpaired) electrons. The van der Waals surface area contributed by atoms with Crippen molar-refractivity contribution >= 4 is 29.6 Å². The van der Waals surface area contributed by atoms with Gasteiger partial charge in [-0.2, -0.15) is 11.8 Å². The zero-order valence-electron chi connectivity index (χ0n) is 14.5. The first-order chi connectivity index (χ1) is 12.0. The van der Waals surface area contributed by atoms with E-state index in [4.69, 9.17) is 11.5 Å². The summed E-state index contributed by atoms with van der Waals surface area (Å²) in [5, 5.41) is 9.25. The minimum atomic E-state index is -0.594. The largest absolute Gasteiger partial charge is 0.368 e. The maximum atomic E-state index is 11.8. The monoisotopic (exact) mass is 371 g/mol. The van der Waals surface area contributed by atoms with E-state index in [0.717, 1.165) is 37.9 Å². The number of rotatable bonds is 11. The molecule has 2 heterocycles. The van der Waals surface area contributed by atoms with E-state index in [9.17, 15) is 14.4 Å². The standard InChI is InChI=1S/C16H29N5O3S/c17-10(15(18)23)5-3-4-8-19-13(22)7-2-1-6-12-14-11(9-25-12)20-16(24)21-14/h10-12,14H,1-9,17H2,(H2,18,23)(H,19,22)(H2,20,21,24)/t10-,11+,12+,14+/m1/s1. The van der Waals surface area contributed by atoms with Gasteiger partial charge in [0.05, 0.1) is 18.1 Å². The lowest BCUT2D eigenvalue weighted by molar-refractivity contribution is -0.121. The van der Waals surface area contributed by atoms with E-state index in [2.05, 4.69) is 16.0 Å². The van der Waals surface area contributed by atoms with Crippen molar-refractivity contribution in [2.45, 2.75) is 68.3 Å². The lowest BCUT2D eigenvalue weighted by atomic mass is 10.0.